The second-order valence-corrected chi connectivity index (χ2v) is 13.5. The van der Waals surface area contributed by atoms with Crippen molar-refractivity contribution in [3.63, 3.8) is 0 Å². The number of hydrogen-bond acceptors (Lipinski definition) is 3. The number of rotatable bonds is 5. The van der Waals surface area contributed by atoms with Gasteiger partial charge in [0.15, 0.2) is 0 Å². The molecule has 0 amide bonds. The first-order valence-electron chi connectivity index (χ1n) is 17.5. The third-order valence-corrected chi connectivity index (χ3v) is 10.5. The van der Waals surface area contributed by atoms with Gasteiger partial charge in [0.1, 0.15) is 0 Å². The molecule has 0 radical (unpaired) electrons. The molecule has 0 N–H and O–H groups in total. The molecule has 53 heavy (non-hydrogen) atoms. The molecule has 0 aliphatic heterocycles. The number of hydrogen-bond donors (Lipinski definition) is 0. The van der Waals surface area contributed by atoms with Gasteiger partial charge in [-0.2, -0.15) is 15.8 Å². The fraction of sp³-hybridized carbons (Fsp3) is 0.0200. The van der Waals surface area contributed by atoms with E-state index in [-0.39, 0.29) is 0 Å². The first-order chi connectivity index (χ1) is 26.0. The Morgan fingerprint density at radius 1 is 0.509 bits per heavy atom. The van der Waals surface area contributed by atoms with Crippen LogP contribution in [0.5, 0.6) is 0 Å². The van der Waals surface area contributed by atoms with Gasteiger partial charge in [0.2, 0.25) is 0 Å². The summed E-state index contributed by atoms with van der Waals surface area (Å²) in [5.41, 5.74) is 12.9. The van der Waals surface area contributed by atoms with Gasteiger partial charge in [0, 0.05) is 5.57 Å². The molecule has 0 saturated carbocycles. The third kappa shape index (κ3) is 4.94. The summed E-state index contributed by atoms with van der Waals surface area (Å²) in [5, 5.41) is 37.9. The zero-order chi connectivity index (χ0) is 36.2. The van der Waals surface area contributed by atoms with E-state index in [2.05, 4.69) is 104 Å². The summed E-state index contributed by atoms with van der Waals surface area (Å²) in [4.78, 5) is 0. The third-order valence-electron chi connectivity index (χ3n) is 10.5. The van der Waals surface area contributed by atoms with Crippen molar-refractivity contribution < 1.29 is 0 Å². The predicted octanol–water partition coefficient (Wildman–Crippen LogP) is 13.1. The van der Waals surface area contributed by atoms with Crippen molar-refractivity contribution in [3.8, 4) is 62.7 Å². The number of nitriles is 3. The van der Waals surface area contributed by atoms with Crippen LogP contribution >= 0.6 is 0 Å². The van der Waals surface area contributed by atoms with Crippen LogP contribution in [-0.4, -0.2) is 0 Å². The molecule has 9 rings (SSSR count). The SMILES string of the molecule is C=C/C=C(\C=C(/C)C#N)c1ccc2c3c(cccc13)-c1cc3c(-c4ccc(C#N)cc4)cc4c5ccccc5c(-c5ccc(C#N)cc5)cc4c3cc1-2. The van der Waals surface area contributed by atoms with Crippen LogP contribution in [0.2, 0.25) is 0 Å². The molecular weight excluding hydrogens is 643 g/mol. The fourth-order valence-corrected chi connectivity index (χ4v) is 8.13. The van der Waals surface area contributed by atoms with Gasteiger partial charge < -0.3 is 0 Å². The smallest absolute Gasteiger partial charge is 0.0991 e. The van der Waals surface area contributed by atoms with E-state index in [1.54, 1.807) is 6.08 Å². The van der Waals surface area contributed by atoms with Crippen molar-refractivity contribution in [2.24, 2.45) is 0 Å². The maximum Gasteiger partial charge on any atom is 0.0991 e. The highest BCUT2D eigenvalue weighted by Gasteiger charge is 2.25. The van der Waals surface area contributed by atoms with Crippen LogP contribution in [0.1, 0.15) is 23.6 Å². The van der Waals surface area contributed by atoms with Gasteiger partial charge in [0.25, 0.3) is 0 Å². The molecule has 1 aliphatic carbocycles. The minimum absolute atomic E-state index is 0.625. The molecule has 3 nitrogen and oxygen atoms in total. The molecule has 0 fully saturated rings. The highest BCUT2D eigenvalue weighted by atomic mass is 14.3. The Kier molecular flexibility index (Phi) is 7.34. The first kappa shape index (κ1) is 31.5. The second kappa shape index (κ2) is 12.4. The van der Waals surface area contributed by atoms with E-state index in [0.29, 0.717) is 16.7 Å². The van der Waals surface area contributed by atoms with E-state index in [1.165, 1.54) is 27.6 Å². The largest absolute Gasteiger partial charge is 0.193 e. The summed E-state index contributed by atoms with van der Waals surface area (Å²) >= 11 is 0. The highest BCUT2D eigenvalue weighted by Crippen LogP contribution is 2.52. The molecule has 0 bridgehead atoms. The summed E-state index contributed by atoms with van der Waals surface area (Å²) in [5.74, 6) is 0. The van der Waals surface area contributed by atoms with Gasteiger partial charge in [-0.25, -0.2) is 0 Å². The molecule has 3 heteroatoms. The lowest BCUT2D eigenvalue weighted by molar-refractivity contribution is 1.44. The van der Waals surface area contributed by atoms with Crippen LogP contribution in [0.3, 0.4) is 0 Å². The van der Waals surface area contributed by atoms with Crippen molar-refractivity contribution in [3.05, 3.63) is 174 Å². The average molecular weight is 672 g/mol. The van der Waals surface area contributed by atoms with E-state index in [0.717, 1.165) is 71.1 Å². The summed E-state index contributed by atoms with van der Waals surface area (Å²) in [6.07, 6.45) is 5.66. The predicted molar refractivity (Wildman–Crippen MR) is 219 cm³/mol. The standard InChI is InChI=1S/C50H29N3/c1-3-7-35(22-30(2)27-51)36-20-21-41-46-26-49-47(25-45(46)40-11-6-10-39(36)50(40)41)43(34-18-14-32(29-53)15-19-34)24-44-38-9-5-4-8-37(38)42(23-48(44)49)33-16-12-31(28-52)13-17-33/h3-26H,1H2,2H3/b30-22+,35-7+. The summed E-state index contributed by atoms with van der Waals surface area (Å²) < 4.78 is 0. The summed E-state index contributed by atoms with van der Waals surface area (Å²) in [6.45, 7) is 5.78. The van der Waals surface area contributed by atoms with Gasteiger partial charge in [-0.05, 0) is 160 Å². The van der Waals surface area contributed by atoms with E-state index >= 15 is 0 Å². The van der Waals surface area contributed by atoms with Crippen molar-refractivity contribution >= 4 is 48.7 Å². The number of allylic oxidation sites excluding steroid dienone is 5. The van der Waals surface area contributed by atoms with Crippen LogP contribution in [0.4, 0.5) is 0 Å². The van der Waals surface area contributed by atoms with Crippen LogP contribution in [0.15, 0.2) is 158 Å². The zero-order valence-corrected chi connectivity index (χ0v) is 28.9. The minimum atomic E-state index is 0.625. The molecular formula is C50H29N3. The molecule has 0 aromatic heterocycles. The van der Waals surface area contributed by atoms with Crippen LogP contribution in [-0.2, 0) is 0 Å². The number of nitrogens with zero attached hydrogens (tertiary/aromatic N) is 3. The Hall–Kier alpha value is -7.51. The Morgan fingerprint density at radius 3 is 1.66 bits per heavy atom. The number of benzene rings is 8. The fourth-order valence-electron chi connectivity index (χ4n) is 8.13. The van der Waals surface area contributed by atoms with Gasteiger partial charge in [-0.15, -0.1) is 0 Å². The molecule has 8 aromatic rings. The Labute approximate surface area is 307 Å². The van der Waals surface area contributed by atoms with Crippen molar-refractivity contribution in [1.82, 2.24) is 0 Å². The monoisotopic (exact) mass is 671 g/mol. The maximum absolute atomic E-state index is 9.59. The van der Waals surface area contributed by atoms with E-state index in [9.17, 15) is 15.8 Å². The lowest BCUT2D eigenvalue weighted by Crippen LogP contribution is -1.91. The van der Waals surface area contributed by atoms with E-state index in [4.69, 9.17) is 0 Å². The van der Waals surface area contributed by atoms with Crippen LogP contribution in [0.25, 0.3) is 93.2 Å². The van der Waals surface area contributed by atoms with Crippen molar-refractivity contribution in [1.29, 1.82) is 15.8 Å². The highest BCUT2D eigenvalue weighted by molar-refractivity contribution is 6.27. The molecule has 8 aromatic carbocycles. The van der Waals surface area contributed by atoms with Gasteiger partial charge in [-0.1, -0.05) is 97.6 Å². The molecule has 1 aliphatic rings. The molecule has 0 spiro atoms. The Morgan fingerprint density at radius 2 is 1.04 bits per heavy atom. The average Bonchev–Trinajstić information content (AvgIpc) is 3.53. The molecule has 0 saturated heterocycles. The molecule has 0 unspecified atom stereocenters. The lowest BCUT2D eigenvalue weighted by Gasteiger charge is -2.17. The minimum Gasteiger partial charge on any atom is -0.193 e. The van der Waals surface area contributed by atoms with E-state index < -0.39 is 0 Å². The Bertz CT molecular complexity index is 3080. The van der Waals surface area contributed by atoms with Gasteiger partial charge in [0.05, 0.1) is 29.3 Å². The quantitative estimate of drug-likeness (QED) is 0.104. The molecule has 0 heterocycles. The molecule has 244 valence electrons. The van der Waals surface area contributed by atoms with Gasteiger partial charge >= 0.3 is 0 Å². The number of fused-ring (bicyclic) bond motifs is 8. The Balaban J connectivity index is 1.39. The maximum atomic E-state index is 9.59. The summed E-state index contributed by atoms with van der Waals surface area (Å²) in [6, 6.07) is 51.3. The van der Waals surface area contributed by atoms with Crippen molar-refractivity contribution in [2.75, 3.05) is 0 Å². The first-order valence-corrected chi connectivity index (χ1v) is 17.5. The molecule has 0 atom stereocenters. The second-order valence-electron chi connectivity index (χ2n) is 13.5. The summed E-state index contributed by atoms with van der Waals surface area (Å²) in [7, 11) is 0. The van der Waals surface area contributed by atoms with Gasteiger partial charge in [-0.3, -0.25) is 0 Å². The van der Waals surface area contributed by atoms with Crippen LogP contribution < -0.4 is 0 Å². The van der Waals surface area contributed by atoms with Crippen molar-refractivity contribution in [2.45, 2.75) is 6.92 Å². The lowest BCUT2D eigenvalue weighted by atomic mass is 9.86. The normalized spacial score (nSPS) is 12.1. The zero-order valence-electron chi connectivity index (χ0n) is 28.9. The van der Waals surface area contributed by atoms with Crippen LogP contribution in [0, 0.1) is 34.0 Å². The topological polar surface area (TPSA) is 71.4 Å². The van der Waals surface area contributed by atoms with E-state index in [1.807, 2.05) is 67.6 Å².